The fourth-order valence-corrected chi connectivity index (χ4v) is 2.39. The first-order chi connectivity index (χ1) is 11.2. The van der Waals surface area contributed by atoms with Crippen LogP contribution in [-0.4, -0.2) is 5.97 Å². The standard InChI is InChI=1S/C20H31O3/c1-4-6-8-10-11-17(3)22-23-20(21)19-15-13-18(14-16-19)12-9-7-5-2/h13-16H,4-12H2,1-3H3. The topological polar surface area (TPSA) is 35.5 Å². The summed E-state index contributed by atoms with van der Waals surface area (Å²) in [6, 6.07) is 7.61. The predicted octanol–water partition coefficient (Wildman–Crippen LogP) is 6.03. The summed E-state index contributed by atoms with van der Waals surface area (Å²) in [5.41, 5.74) is 1.79. The zero-order chi connectivity index (χ0) is 16.9. The van der Waals surface area contributed by atoms with Gasteiger partial charge in [-0.1, -0.05) is 64.5 Å². The van der Waals surface area contributed by atoms with Gasteiger partial charge in [-0.15, -0.1) is 0 Å². The summed E-state index contributed by atoms with van der Waals surface area (Å²) in [5.74, 6) is -0.432. The summed E-state index contributed by atoms with van der Waals surface area (Å²) in [6.45, 7) is 6.24. The van der Waals surface area contributed by atoms with Crippen molar-refractivity contribution in [2.45, 2.75) is 78.6 Å². The lowest BCUT2D eigenvalue weighted by molar-refractivity contribution is -0.233. The van der Waals surface area contributed by atoms with Crippen LogP contribution in [-0.2, 0) is 16.2 Å². The van der Waals surface area contributed by atoms with Gasteiger partial charge in [0, 0.05) is 0 Å². The van der Waals surface area contributed by atoms with Crippen LogP contribution in [0.2, 0.25) is 0 Å². The third kappa shape index (κ3) is 8.75. The smallest absolute Gasteiger partial charge is 0.292 e. The molecule has 0 unspecified atom stereocenters. The van der Waals surface area contributed by atoms with Crippen LogP contribution in [0.5, 0.6) is 0 Å². The van der Waals surface area contributed by atoms with Crippen molar-refractivity contribution in [3.8, 4) is 0 Å². The second-order valence-corrected chi connectivity index (χ2v) is 6.12. The van der Waals surface area contributed by atoms with Gasteiger partial charge in [0.05, 0.1) is 5.56 Å². The van der Waals surface area contributed by atoms with Gasteiger partial charge >= 0.3 is 5.97 Å². The summed E-state index contributed by atoms with van der Waals surface area (Å²) < 4.78 is 0. The molecule has 1 aromatic rings. The highest BCUT2D eigenvalue weighted by Crippen LogP contribution is 2.15. The molecule has 1 radical (unpaired) electrons. The molecule has 0 fully saturated rings. The summed E-state index contributed by atoms with van der Waals surface area (Å²) >= 11 is 0. The molecule has 0 aromatic heterocycles. The van der Waals surface area contributed by atoms with Crippen LogP contribution in [0.25, 0.3) is 0 Å². The highest BCUT2D eigenvalue weighted by Gasteiger charge is 2.12. The lowest BCUT2D eigenvalue weighted by Crippen LogP contribution is -2.09. The van der Waals surface area contributed by atoms with Gasteiger partial charge in [0.15, 0.2) is 0 Å². The van der Waals surface area contributed by atoms with Crippen molar-refractivity contribution in [3.05, 3.63) is 41.5 Å². The fraction of sp³-hybridized carbons (Fsp3) is 0.600. The van der Waals surface area contributed by atoms with Crippen LogP contribution in [0.15, 0.2) is 24.3 Å². The molecule has 23 heavy (non-hydrogen) atoms. The Bertz CT molecular complexity index is 425. The van der Waals surface area contributed by atoms with Crippen LogP contribution in [0.4, 0.5) is 0 Å². The van der Waals surface area contributed by atoms with Gasteiger partial charge in [0.2, 0.25) is 0 Å². The number of carbonyl (C=O) groups is 1. The monoisotopic (exact) mass is 319 g/mol. The van der Waals surface area contributed by atoms with E-state index in [0.717, 1.165) is 25.4 Å². The second kappa shape index (κ2) is 12.1. The molecular weight excluding hydrogens is 288 g/mol. The SMILES string of the molecule is CCCCCC[C](C)OOC(=O)c1ccc(CCCCC)cc1. The first kappa shape index (κ1) is 19.7. The average Bonchev–Trinajstić information content (AvgIpc) is 2.57. The molecule has 0 aliphatic rings. The predicted molar refractivity (Wildman–Crippen MR) is 93.8 cm³/mol. The lowest BCUT2D eigenvalue weighted by atomic mass is 10.1. The van der Waals surface area contributed by atoms with Crippen molar-refractivity contribution in [2.75, 3.05) is 0 Å². The maximum atomic E-state index is 11.9. The van der Waals surface area contributed by atoms with E-state index >= 15 is 0 Å². The number of unbranched alkanes of at least 4 members (excludes halogenated alkanes) is 5. The molecule has 0 atom stereocenters. The van der Waals surface area contributed by atoms with Crippen LogP contribution in [0, 0.1) is 6.10 Å². The van der Waals surface area contributed by atoms with E-state index in [1.807, 2.05) is 31.2 Å². The summed E-state index contributed by atoms with van der Waals surface area (Å²) in [6.07, 6.45) is 11.0. The lowest BCUT2D eigenvalue weighted by Gasteiger charge is -2.10. The van der Waals surface area contributed by atoms with Crippen molar-refractivity contribution in [1.29, 1.82) is 0 Å². The van der Waals surface area contributed by atoms with Gasteiger partial charge in [-0.25, -0.2) is 4.79 Å². The maximum Gasteiger partial charge on any atom is 0.373 e. The van der Waals surface area contributed by atoms with Crippen molar-refractivity contribution < 1.29 is 14.6 Å². The Morgan fingerprint density at radius 1 is 0.870 bits per heavy atom. The van der Waals surface area contributed by atoms with E-state index in [2.05, 4.69) is 13.8 Å². The molecule has 0 heterocycles. The van der Waals surface area contributed by atoms with E-state index in [4.69, 9.17) is 9.78 Å². The highest BCUT2D eigenvalue weighted by molar-refractivity contribution is 5.88. The molecule has 0 amide bonds. The number of carbonyl (C=O) groups excluding carboxylic acids is 1. The van der Waals surface area contributed by atoms with Crippen molar-refractivity contribution in [2.24, 2.45) is 0 Å². The molecule has 1 aromatic carbocycles. The van der Waals surface area contributed by atoms with Crippen molar-refractivity contribution in [3.63, 3.8) is 0 Å². The first-order valence-electron chi connectivity index (χ1n) is 8.97. The van der Waals surface area contributed by atoms with E-state index in [-0.39, 0.29) is 0 Å². The Morgan fingerprint density at radius 3 is 2.17 bits per heavy atom. The third-order valence-electron chi connectivity index (χ3n) is 3.90. The molecule has 0 saturated heterocycles. The molecule has 0 bridgehead atoms. The summed E-state index contributed by atoms with van der Waals surface area (Å²) in [4.78, 5) is 22.0. The number of benzene rings is 1. The Labute approximate surface area is 141 Å². The minimum absolute atomic E-state index is 0.432. The minimum atomic E-state index is -0.432. The van der Waals surface area contributed by atoms with E-state index < -0.39 is 5.97 Å². The van der Waals surface area contributed by atoms with E-state index in [1.54, 1.807) is 0 Å². The molecule has 0 saturated carbocycles. The Hall–Kier alpha value is -1.35. The Morgan fingerprint density at radius 2 is 1.52 bits per heavy atom. The Balaban J connectivity index is 2.28. The normalized spacial score (nSPS) is 11.0. The molecular formula is C20H31O3. The molecule has 3 nitrogen and oxygen atoms in total. The van der Waals surface area contributed by atoms with Gasteiger partial charge < -0.3 is 0 Å². The van der Waals surface area contributed by atoms with Crippen LogP contribution in [0.3, 0.4) is 0 Å². The third-order valence-corrected chi connectivity index (χ3v) is 3.90. The Kier molecular flexibility index (Phi) is 10.4. The summed E-state index contributed by atoms with van der Waals surface area (Å²) in [5, 5.41) is 0. The van der Waals surface area contributed by atoms with E-state index in [1.165, 1.54) is 44.1 Å². The van der Waals surface area contributed by atoms with Gasteiger partial charge in [-0.3, -0.25) is 4.89 Å². The van der Waals surface area contributed by atoms with Gasteiger partial charge in [0.25, 0.3) is 0 Å². The second-order valence-electron chi connectivity index (χ2n) is 6.12. The van der Waals surface area contributed by atoms with Gasteiger partial charge in [-0.2, -0.15) is 4.89 Å². The van der Waals surface area contributed by atoms with E-state index in [0.29, 0.717) is 5.56 Å². The molecule has 0 spiro atoms. The molecule has 0 aliphatic heterocycles. The molecule has 3 heteroatoms. The number of aryl methyl sites for hydroxylation is 1. The largest absolute Gasteiger partial charge is 0.373 e. The number of hydrogen-bond acceptors (Lipinski definition) is 3. The quantitative estimate of drug-likeness (QED) is 0.268. The fourth-order valence-electron chi connectivity index (χ4n) is 2.39. The van der Waals surface area contributed by atoms with Crippen LogP contribution in [0.1, 0.15) is 88.1 Å². The maximum absolute atomic E-state index is 11.9. The molecule has 0 N–H and O–H groups in total. The molecule has 1 rings (SSSR count). The molecule has 0 aliphatic carbocycles. The van der Waals surface area contributed by atoms with Gasteiger partial charge in [0.1, 0.15) is 6.10 Å². The minimum Gasteiger partial charge on any atom is -0.292 e. The first-order valence-corrected chi connectivity index (χ1v) is 8.97. The zero-order valence-electron chi connectivity index (χ0n) is 14.9. The number of rotatable bonds is 12. The van der Waals surface area contributed by atoms with Crippen LogP contribution >= 0.6 is 0 Å². The van der Waals surface area contributed by atoms with E-state index in [9.17, 15) is 4.79 Å². The van der Waals surface area contributed by atoms with Crippen LogP contribution < -0.4 is 0 Å². The number of hydrogen-bond donors (Lipinski definition) is 0. The highest BCUT2D eigenvalue weighted by atomic mass is 17.2. The van der Waals surface area contributed by atoms with Crippen molar-refractivity contribution >= 4 is 5.97 Å². The van der Waals surface area contributed by atoms with Crippen molar-refractivity contribution in [1.82, 2.24) is 0 Å². The average molecular weight is 319 g/mol. The molecule has 129 valence electrons. The van der Waals surface area contributed by atoms with Gasteiger partial charge in [-0.05, 0) is 43.9 Å². The summed E-state index contributed by atoms with van der Waals surface area (Å²) in [7, 11) is 0. The zero-order valence-corrected chi connectivity index (χ0v) is 14.9.